The molecule has 0 aromatic heterocycles. The van der Waals surface area contributed by atoms with Gasteiger partial charge in [0.1, 0.15) is 0 Å². The molecule has 4 heteroatoms. The van der Waals surface area contributed by atoms with E-state index in [4.69, 9.17) is 9.84 Å². The summed E-state index contributed by atoms with van der Waals surface area (Å²) in [4.78, 5) is 10.6. The Balaban J connectivity index is 1.46. The number of carboxylic acid groups (broad SMARTS) is 1. The molecule has 2 fully saturated rings. The van der Waals surface area contributed by atoms with Crippen molar-refractivity contribution in [3.8, 4) is 0 Å². The molecule has 0 aliphatic carbocycles. The van der Waals surface area contributed by atoms with Crippen molar-refractivity contribution in [1.29, 1.82) is 0 Å². The minimum Gasteiger partial charge on any atom is -0.481 e. The van der Waals surface area contributed by atoms with Gasteiger partial charge in [-0.15, -0.1) is 0 Å². The molecule has 29 heavy (non-hydrogen) atoms. The molecule has 5 atom stereocenters. The first-order valence-electron chi connectivity index (χ1n) is 11.0. The summed E-state index contributed by atoms with van der Waals surface area (Å²) in [6, 6.07) is 8.50. The number of aryl methyl sites for hydroxylation is 2. The summed E-state index contributed by atoms with van der Waals surface area (Å²) in [5.74, 6) is 0.0995. The smallest absolute Gasteiger partial charge is 0.303 e. The van der Waals surface area contributed by atoms with Gasteiger partial charge in [-0.2, -0.15) is 0 Å². The summed E-state index contributed by atoms with van der Waals surface area (Å²) < 4.78 is 6.14. The molecule has 4 nitrogen and oxygen atoms in total. The first-order chi connectivity index (χ1) is 14.0. The summed E-state index contributed by atoms with van der Waals surface area (Å²) in [7, 11) is 0. The quantitative estimate of drug-likeness (QED) is 0.413. The van der Waals surface area contributed by atoms with E-state index in [0.717, 1.165) is 38.5 Å². The third-order valence-electron chi connectivity index (χ3n) is 6.23. The highest BCUT2D eigenvalue weighted by Crippen LogP contribution is 2.45. The van der Waals surface area contributed by atoms with Crippen LogP contribution in [0.5, 0.6) is 0 Å². The number of unbranched alkanes of at least 4 members (excludes halogenated alkanes) is 1. The highest BCUT2D eigenvalue weighted by atomic mass is 16.5. The number of aliphatic hydroxyl groups excluding tert-OH is 1. The van der Waals surface area contributed by atoms with Gasteiger partial charge in [0.15, 0.2) is 0 Å². The molecule has 3 rings (SSSR count). The second kappa shape index (κ2) is 10.7. The number of ether oxygens (including phenoxy) is 1. The average Bonchev–Trinajstić information content (AvgIpc) is 3.30. The molecule has 158 valence electrons. The van der Waals surface area contributed by atoms with Crippen molar-refractivity contribution in [3.63, 3.8) is 0 Å². The first-order valence-corrected chi connectivity index (χ1v) is 11.0. The molecule has 2 heterocycles. The lowest BCUT2D eigenvalue weighted by molar-refractivity contribution is -0.137. The van der Waals surface area contributed by atoms with E-state index in [1.165, 1.54) is 11.1 Å². The van der Waals surface area contributed by atoms with Crippen LogP contribution >= 0.6 is 0 Å². The van der Waals surface area contributed by atoms with E-state index >= 15 is 0 Å². The maximum atomic E-state index is 10.6. The highest BCUT2D eigenvalue weighted by Gasteiger charge is 2.46. The van der Waals surface area contributed by atoms with Gasteiger partial charge in [-0.25, -0.2) is 0 Å². The third kappa shape index (κ3) is 6.55. The summed E-state index contributed by atoms with van der Waals surface area (Å²) in [6.45, 7) is 2.08. The van der Waals surface area contributed by atoms with Crippen LogP contribution in [0.2, 0.25) is 0 Å². The molecule has 2 aliphatic heterocycles. The van der Waals surface area contributed by atoms with Gasteiger partial charge in [0.25, 0.3) is 0 Å². The van der Waals surface area contributed by atoms with Gasteiger partial charge in [0.2, 0.25) is 0 Å². The topological polar surface area (TPSA) is 66.8 Å². The summed E-state index contributed by atoms with van der Waals surface area (Å²) >= 11 is 0. The van der Waals surface area contributed by atoms with Crippen molar-refractivity contribution < 1.29 is 19.7 Å². The van der Waals surface area contributed by atoms with Crippen LogP contribution in [0.25, 0.3) is 0 Å². The van der Waals surface area contributed by atoms with E-state index in [9.17, 15) is 9.90 Å². The van der Waals surface area contributed by atoms with Gasteiger partial charge >= 0.3 is 5.97 Å². The van der Waals surface area contributed by atoms with Crippen LogP contribution in [0.15, 0.2) is 48.6 Å². The Labute approximate surface area is 174 Å². The predicted molar refractivity (Wildman–Crippen MR) is 115 cm³/mol. The molecule has 1 aromatic rings. The zero-order valence-electron chi connectivity index (χ0n) is 17.4. The molecule has 0 radical (unpaired) electrons. The van der Waals surface area contributed by atoms with Gasteiger partial charge in [0, 0.05) is 12.3 Å². The van der Waals surface area contributed by atoms with Crippen molar-refractivity contribution in [3.05, 3.63) is 59.7 Å². The molecular formula is C25H34O4. The maximum Gasteiger partial charge on any atom is 0.303 e. The Morgan fingerprint density at radius 1 is 1.21 bits per heavy atom. The van der Waals surface area contributed by atoms with Gasteiger partial charge in [-0.05, 0) is 63.4 Å². The van der Waals surface area contributed by atoms with E-state index in [-0.39, 0.29) is 12.5 Å². The van der Waals surface area contributed by atoms with Gasteiger partial charge in [0.05, 0.1) is 18.3 Å². The van der Waals surface area contributed by atoms with Crippen molar-refractivity contribution >= 4 is 5.97 Å². The molecule has 1 aromatic carbocycles. The van der Waals surface area contributed by atoms with E-state index in [0.29, 0.717) is 24.4 Å². The summed E-state index contributed by atoms with van der Waals surface area (Å²) in [5.41, 5.74) is 2.52. The average molecular weight is 399 g/mol. The van der Waals surface area contributed by atoms with Crippen LogP contribution in [0.3, 0.4) is 0 Å². The third-order valence-corrected chi connectivity index (χ3v) is 6.23. The number of carboxylic acids is 1. The largest absolute Gasteiger partial charge is 0.481 e. The molecule has 2 N–H and O–H groups in total. The normalized spacial score (nSPS) is 27.2. The number of carbonyl (C=O) groups is 1. The lowest BCUT2D eigenvalue weighted by Crippen LogP contribution is -2.25. The zero-order valence-corrected chi connectivity index (χ0v) is 17.4. The van der Waals surface area contributed by atoms with Crippen LogP contribution < -0.4 is 0 Å². The van der Waals surface area contributed by atoms with Crippen LogP contribution in [0.4, 0.5) is 0 Å². The summed E-state index contributed by atoms with van der Waals surface area (Å²) in [6.07, 6.45) is 15.2. The van der Waals surface area contributed by atoms with Gasteiger partial charge in [-0.1, -0.05) is 54.1 Å². The fraction of sp³-hybridized carbons (Fsp3) is 0.560. The minimum atomic E-state index is -0.731. The van der Waals surface area contributed by atoms with Crippen LogP contribution in [-0.2, 0) is 16.0 Å². The van der Waals surface area contributed by atoms with E-state index < -0.39 is 12.1 Å². The number of allylic oxidation sites excluding steroid dienone is 2. The minimum absolute atomic E-state index is 0.230. The number of fused-ring (bicyclic) bond motifs is 2. The monoisotopic (exact) mass is 398 g/mol. The molecule has 0 amide bonds. The number of benzene rings is 1. The standard InChI is InChI=1S/C25H34O4/c1-18-8-10-19(11-9-18)12-13-20(26)14-15-22-21(23-16-17-24(22)29-23)6-4-2-3-5-7-25(27)28/h2,4,8-11,14-15,20-24,26H,3,5-7,12-13,16-17H2,1H3,(H,27,28)/t20-,21-,22?,23-,24-/m1/s1. The lowest BCUT2D eigenvalue weighted by atomic mass is 9.77. The Morgan fingerprint density at radius 2 is 1.97 bits per heavy atom. The fourth-order valence-corrected chi connectivity index (χ4v) is 4.55. The molecule has 2 saturated heterocycles. The lowest BCUT2D eigenvalue weighted by Gasteiger charge is -2.25. The van der Waals surface area contributed by atoms with E-state index in [2.05, 4.69) is 49.4 Å². The van der Waals surface area contributed by atoms with E-state index in [1.54, 1.807) is 0 Å². The number of hydrogen-bond acceptors (Lipinski definition) is 3. The zero-order chi connectivity index (χ0) is 20.6. The SMILES string of the molecule is Cc1ccc(CC[C@@H](O)C=CC2[C@@H](CC=CCCCC(=O)O)[C@H]3CC[C@H]2O3)cc1. The number of aliphatic hydroxyl groups is 1. The molecule has 0 spiro atoms. The second-order valence-corrected chi connectivity index (χ2v) is 8.50. The van der Waals surface area contributed by atoms with Crippen LogP contribution in [0.1, 0.15) is 56.1 Å². The maximum absolute atomic E-state index is 10.6. The van der Waals surface area contributed by atoms with Gasteiger partial charge in [-0.3, -0.25) is 4.79 Å². The van der Waals surface area contributed by atoms with Crippen molar-refractivity contribution in [2.45, 2.75) is 76.6 Å². The van der Waals surface area contributed by atoms with Crippen LogP contribution in [-0.4, -0.2) is 34.5 Å². The molecule has 2 aliphatic rings. The summed E-state index contributed by atoms with van der Waals surface area (Å²) in [5, 5.41) is 19.1. The first kappa shape index (κ1) is 21.8. The predicted octanol–water partition coefficient (Wildman–Crippen LogP) is 4.84. The number of aliphatic carboxylic acids is 1. The number of rotatable bonds is 11. The van der Waals surface area contributed by atoms with Crippen molar-refractivity contribution in [1.82, 2.24) is 0 Å². The van der Waals surface area contributed by atoms with E-state index in [1.807, 2.05) is 6.08 Å². The molecule has 1 unspecified atom stereocenters. The Hall–Kier alpha value is -1.91. The fourth-order valence-electron chi connectivity index (χ4n) is 4.55. The second-order valence-electron chi connectivity index (χ2n) is 8.50. The van der Waals surface area contributed by atoms with Gasteiger partial charge < -0.3 is 14.9 Å². The molecule has 2 bridgehead atoms. The van der Waals surface area contributed by atoms with Crippen LogP contribution in [0, 0.1) is 18.8 Å². The highest BCUT2D eigenvalue weighted by molar-refractivity contribution is 5.66. The Kier molecular flexibility index (Phi) is 8.08. The number of hydrogen-bond donors (Lipinski definition) is 2. The van der Waals surface area contributed by atoms with Crippen molar-refractivity contribution in [2.75, 3.05) is 0 Å². The Morgan fingerprint density at radius 3 is 2.72 bits per heavy atom. The van der Waals surface area contributed by atoms with Crippen molar-refractivity contribution in [2.24, 2.45) is 11.8 Å². The Bertz CT molecular complexity index is 706. The molecular weight excluding hydrogens is 364 g/mol. The molecule has 0 saturated carbocycles.